The fraction of sp³-hybridized carbons (Fsp3) is 0.333. The Morgan fingerprint density at radius 1 is 1.24 bits per heavy atom. The summed E-state index contributed by atoms with van der Waals surface area (Å²) >= 11 is 1.44. The minimum Gasteiger partial charge on any atom is -0.494 e. The minimum absolute atomic E-state index is 0.493. The zero-order chi connectivity index (χ0) is 20.2. The summed E-state index contributed by atoms with van der Waals surface area (Å²) in [5.74, 6) is 1.46. The Labute approximate surface area is 174 Å². The molecule has 150 valence electrons. The largest absolute Gasteiger partial charge is 0.494 e. The fourth-order valence-corrected chi connectivity index (χ4v) is 4.23. The SMILES string of the molecule is COc1cc(NC2CCN(C)CC2)ccc1Nc1cc(-c2ccc(C#N)s2)[nH]n1. The minimum atomic E-state index is 0.493. The van der Waals surface area contributed by atoms with Crippen LogP contribution in [-0.4, -0.2) is 48.4 Å². The number of aromatic nitrogens is 2. The molecule has 3 heterocycles. The average Bonchev–Trinajstić information content (AvgIpc) is 3.40. The molecule has 4 rings (SSSR count). The van der Waals surface area contributed by atoms with Crippen molar-refractivity contribution >= 4 is 28.5 Å². The molecule has 1 aromatic carbocycles. The van der Waals surface area contributed by atoms with Gasteiger partial charge < -0.3 is 20.3 Å². The molecule has 0 amide bonds. The summed E-state index contributed by atoms with van der Waals surface area (Å²) in [7, 11) is 3.84. The van der Waals surface area contributed by atoms with Crippen LogP contribution in [0.5, 0.6) is 5.75 Å². The van der Waals surface area contributed by atoms with Crippen molar-refractivity contribution in [2.75, 3.05) is 37.9 Å². The van der Waals surface area contributed by atoms with Gasteiger partial charge in [0.1, 0.15) is 16.7 Å². The van der Waals surface area contributed by atoms with E-state index in [1.807, 2.05) is 30.3 Å². The number of piperidine rings is 1. The van der Waals surface area contributed by atoms with E-state index in [9.17, 15) is 0 Å². The standard InChI is InChI=1S/C21H24N6OS/c1-27-9-7-14(8-10-27)23-15-3-5-17(19(11-15)28-2)24-21-12-18(25-26-21)20-6-4-16(13-22)29-20/h3-6,11-12,14,23H,7-10H2,1-2H3,(H2,24,25,26). The summed E-state index contributed by atoms with van der Waals surface area (Å²) in [5, 5.41) is 23.3. The number of H-pyrrole nitrogens is 1. The quantitative estimate of drug-likeness (QED) is 0.564. The summed E-state index contributed by atoms with van der Waals surface area (Å²) in [6.07, 6.45) is 2.29. The van der Waals surface area contributed by atoms with E-state index in [0.717, 1.165) is 53.6 Å². The molecule has 7 nitrogen and oxygen atoms in total. The molecule has 1 saturated heterocycles. The number of hydrogen-bond donors (Lipinski definition) is 3. The van der Waals surface area contributed by atoms with Crippen LogP contribution in [0.2, 0.25) is 0 Å². The van der Waals surface area contributed by atoms with E-state index in [1.54, 1.807) is 7.11 Å². The number of nitrogens with one attached hydrogen (secondary N) is 3. The van der Waals surface area contributed by atoms with Gasteiger partial charge in [-0.25, -0.2) is 0 Å². The molecule has 3 N–H and O–H groups in total. The first-order valence-corrected chi connectivity index (χ1v) is 10.4. The number of rotatable bonds is 6. The van der Waals surface area contributed by atoms with Crippen LogP contribution in [0.25, 0.3) is 10.6 Å². The lowest BCUT2D eigenvalue weighted by molar-refractivity contribution is 0.264. The maximum Gasteiger partial charge on any atom is 0.152 e. The van der Waals surface area contributed by atoms with Crippen LogP contribution in [0.15, 0.2) is 36.4 Å². The summed E-state index contributed by atoms with van der Waals surface area (Å²) in [6.45, 7) is 2.24. The van der Waals surface area contributed by atoms with Crippen molar-refractivity contribution in [1.82, 2.24) is 15.1 Å². The molecule has 1 aliphatic rings. The van der Waals surface area contributed by atoms with E-state index in [0.29, 0.717) is 16.7 Å². The number of methoxy groups -OCH3 is 1. The zero-order valence-electron chi connectivity index (χ0n) is 16.5. The lowest BCUT2D eigenvalue weighted by atomic mass is 10.1. The summed E-state index contributed by atoms with van der Waals surface area (Å²) in [6, 6.07) is 14.4. The van der Waals surface area contributed by atoms with Gasteiger partial charge in [-0.1, -0.05) is 0 Å². The molecule has 0 unspecified atom stereocenters. The van der Waals surface area contributed by atoms with Crippen LogP contribution >= 0.6 is 11.3 Å². The topological polar surface area (TPSA) is 89.0 Å². The predicted molar refractivity (Wildman–Crippen MR) is 117 cm³/mol. The van der Waals surface area contributed by atoms with Crippen molar-refractivity contribution < 1.29 is 4.74 Å². The number of aromatic amines is 1. The highest BCUT2D eigenvalue weighted by Crippen LogP contribution is 2.33. The number of thiophene rings is 1. The van der Waals surface area contributed by atoms with E-state index in [4.69, 9.17) is 10.00 Å². The second-order valence-electron chi connectivity index (χ2n) is 7.20. The Balaban J connectivity index is 1.45. The molecule has 29 heavy (non-hydrogen) atoms. The van der Waals surface area contributed by atoms with Gasteiger partial charge in [-0.2, -0.15) is 10.4 Å². The van der Waals surface area contributed by atoms with E-state index in [-0.39, 0.29) is 0 Å². The lowest BCUT2D eigenvalue weighted by Crippen LogP contribution is -2.36. The second kappa shape index (κ2) is 8.55. The van der Waals surface area contributed by atoms with Gasteiger partial charge in [0, 0.05) is 23.9 Å². The number of ether oxygens (including phenoxy) is 1. The molecule has 2 aromatic heterocycles. The Kier molecular flexibility index (Phi) is 5.69. The molecule has 8 heteroatoms. The van der Waals surface area contributed by atoms with Gasteiger partial charge in [0.15, 0.2) is 5.82 Å². The first-order valence-electron chi connectivity index (χ1n) is 9.60. The van der Waals surface area contributed by atoms with Gasteiger partial charge >= 0.3 is 0 Å². The highest BCUT2D eigenvalue weighted by atomic mass is 32.1. The highest BCUT2D eigenvalue weighted by molar-refractivity contribution is 7.15. The molecule has 0 saturated carbocycles. The molecule has 0 bridgehead atoms. The fourth-order valence-electron chi connectivity index (χ4n) is 3.47. The number of benzene rings is 1. The molecular formula is C21H24N6OS. The first-order chi connectivity index (χ1) is 14.1. The van der Waals surface area contributed by atoms with Crippen molar-refractivity contribution in [3.63, 3.8) is 0 Å². The number of anilines is 3. The molecule has 3 aromatic rings. The smallest absolute Gasteiger partial charge is 0.152 e. The first kappa shape index (κ1) is 19.3. The predicted octanol–water partition coefficient (Wildman–Crippen LogP) is 4.27. The van der Waals surface area contributed by atoms with Gasteiger partial charge in [0.25, 0.3) is 0 Å². The summed E-state index contributed by atoms with van der Waals surface area (Å²) in [4.78, 5) is 4.02. The molecule has 0 radical (unpaired) electrons. The van der Waals surface area contributed by atoms with Crippen LogP contribution in [-0.2, 0) is 0 Å². The monoisotopic (exact) mass is 408 g/mol. The van der Waals surface area contributed by atoms with Crippen molar-refractivity contribution in [3.8, 4) is 22.4 Å². The Morgan fingerprint density at radius 2 is 2.07 bits per heavy atom. The van der Waals surface area contributed by atoms with Gasteiger partial charge in [-0.05, 0) is 57.2 Å². The van der Waals surface area contributed by atoms with E-state index < -0.39 is 0 Å². The van der Waals surface area contributed by atoms with Crippen LogP contribution in [0.4, 0.5) is 17.2 Å². The van der Waals surface area contributed by atoms with Gasteiger partial charge in [0.2, 0.25) is 0 Å². The number of nitrogens with zero attached hydrogens (tertiary/aromatic N) is 3. The molecule has 1 fully saturated rings. The Hall–Kier alpha value is -3.02. The average molecular weight is 409 g/mol. The number of hydrogen-bond acceptors (Lipinski definition) is 7. The van der Waals surface area contributed by atoms with Crippen molar-refractivity contribution in [1.29, 1.82) is 5.26 Å². The van der Waals surface area contributed by atoms with Crippen molar-refractivity contribution in [3.05, 3.63) is 41.3 Å². The third-order valence-corrected chi connectivity index (χ3v) is 6.14. The van der Waals surface area contributed by atoms with Crippen molar-refractivity contribution in [2.45, 2.75) is 18.9 Å². The molecule has 1 aliphatic heterocycles. The highest BCUT2D eigenvalue weighted by Gasteiger charge is 2.17. The second-order valence-corrected chi connectivity index (χ2v) is 8.29. The normalized spacial score (nSPS) is 15.1. The zero-order valence-corrected chi connectivity index (χ0v) is 17.3. The maximum atomic E-state index is 8.99. The third kappa shape index (κ3) is 4.53. The molecule has 0 atom stereocenters. The number of likely N-dealkylation sites (tertiary alicyclic amines) is 1. The van der Waals surface area contributed by atoms with Crippen LogP contribution in [0, 0.1) is 11.3 Å². The van der Waals surface area contributed by atoms with E-state index >= 15 is 0 Å². The molecular weight excluding hydrogens is 384 g/mol. The van der Waals surface area contributed by atoms with Gasteiger partial charge in [-0.15, -0.1) is 11.3 Å². The van der Waals surface area contributed by atoms with Gasteiger partial charge in [0.05, 0.1) is 23.4 Å². The van der Waals surface area contributed by atoms with E-state index in [2.05, 4.69) is 44.9 Å². The molecule has 0 aliphatic carbocycles. The van der Waals surface area contributed by atoms with Crippen LogP contribution in [0.3, 0.4) is 0 Å². The van der Waals surface area contributed by atoms with Crippen LogP contribution in [0.1, 0.15) is 17.7 Å². The number of nitriles is 1. The third-order valence-electron chi connectivity index (χ3n) is 5.11. The van der Waals surface area contributed by atoms with E-state index in [1.165, 1.54) is 11.3 Å². The Bertz CT molecular complexity index is 1010. The summed E-state index contributed by atoms with van der Waals surface area (Å²) in [5.41, 5.74) is 2.79. The lowest BCUT2D eigenvalue weighted by Gasteiger charge is -2.30. The van der Waals surface area contributed by atoms with Gasteiger partial charge in [-0.3, -0.25) is 5.10 Å². The van der Waals surface area contributed by atoms with Crippen LogP contribution < -0.4 is 15.4 Å². The summed E-state index contributed by atoms with van der Waals surface area (Å²) < 4.78 is 5.59. The maximum absolute atomic E-state index is 8.99. The van der Waals surface area contributed by atoms with Crippen molar-refractivity contribution in [2.24, 2.45) is 0 Å². The molecule has 0 spiro atoms. The Morgan fingerprint density at radius 3 is 2.79 bits per heavy atom.